The molecule has 0 bridgehead atoms. The number of nitrogens with two attached hydrogens (primary N) is 1. The third-order valence-corrected chi connectivity index (χ3v) is 6.09. The minimum absolute atomic E-state index is 0.286. The molecule has 0 amide bonds. The van der Waals surface area contributed by atoms with Crippen LogP contribution in [-0.2, 0) is 0 Å². The molecule has 0 aliphatic heterocycles. The zero-order valence-corrected chi connectivity index (χ0v) is 28.4. The van der Waals surface area contributed by atoms with E-state index < -0.39 is 0 Å². The van der Waals surface area contributed by atoms with Crippen LogP contribution in [-0.4, -0.2) is 6.54 Å². The van der Waals surface area contributed by atoms with Gasteiger partial charge in [-0.1, -0.05) is 151 Å². The van der Waals surface area contributed by atoms with Crippen LogP contribution in [0.2, 0.25) is 0 Å². The predicted molar refractivity (Wildman–Crippen MR) is 190 cm³/mol. The van der Waals surface area contributed by atoms with Crippen molar-refractivity contribution in [2.24, 2.45) is 11.7 Å². The smallest absolute Gasteiger partial charge is 0.0299 e. The van der Waals surface area contributed by atoms with Gasteiger partial charge in [-0.3, -0.25) is 0 Å². The second-order valence-electron chi connectivity index (χ2n) is 9.55. The SMILES string of the molecule is C=C(CCC)NCCCC(C)/C(C)=C/C=C(\C)C(c1ccccc1)c1cccc(C)c1.C=CC.C=CN.CC.CC. The zero-order chi connectivity index (χ0) is 32.1. The van der Waals surface area contributed by atoms with Crippen molar-refractivity contribution in [1.82, 2.24) is 5.32 Å². The largest absolute Gasteiger partial charge is 0.405 e. The first-order chi connectivity index (χ1) is 19.7. The topological polar surface area (TPSA) is 38.0 Å². The Morgan fingerprint density at radius 2 is 1.41 bits per heavy atom. The maximum absolute atomic E-state index is 4.61. The van der Waals surface area contributed by atoms with Gasteiger partial charge in [-0.15, -0.1) is 6.58 Å². The summed E-state index contributed by atoms with van der Waals surface area (Å²) in [5, 5.41) is 3.46. The van der Waals surface area contributed by atoms with Gasteiger partial charge in [0, 0.05) is 18.2 Å². The summed E-state index contributed by atoms with van der Waals surface area (Å²) in [5.41, 5.74) is 12.6. The molecule has 0 heterocycles. The summed E-state index contributed by atoms with van der Waals surface area (Å²) in [7, 11) is 0. The highest BCUT2D eigenvalue weighted by atomic mass is 14.9. The van der Waals surface area contributed by atoms with Gasteiger partial charge in [0.2, 0.25) is 0 Å². The van der Waals surface area contributed by atoms with Gasteiger partial charge in [0.25, 0.3) is 0 Å². The Morgan fingerprint density at radius 3 is 1.93 bits per heavy atom. The van der Waals surface area contributed by atoms with Crippen LogP contribution in [0, 0.1) is 12.8 Å². The molecule has 2 aromatic rings. The Bertz CT molecular complexity index is 960. The predicted octanol–water partition coefficient (Wildman–Crippen LogP) is 11.7. The van der Waals surface area contributed by atoms with E-state index in [0.717, 1.165) is 19.4 Å². The number of allylic oxidation sites excluding steroid dienone is 6. The molecule has 2 atom stereocenters. The summed E-state index contributed by atoms with van der Waals surface area (Å²) in [6, 6.07) is 19.7. The van der Waals surface area contributed by atoms with E-state index in [-0.39, 0.29) is 5.92 Å². The molecule has 3 N–H and O–H groups in total. The van der Waals surface area contributed by atoms with Gasteiger partial charge >= 0.3 is 0 Å². The molecule has 0 aliphatic rings. The number of hydrogen-bond donors (Lipinski definition) is 2. The van der Waals surface area contributed by atoms with Gasteiger partial charge in [0.05, 0.1) is 0 Å². The lowest BCUT2D eigenvalue weighted by Gasteiger charge is -2.20. The lowest BCUT2D eigenvalue weighted by molar-refractivity contribution is 0.559. The first kappa shape index (κ1) is 42.2. The molecule has 0 saturated heterocycles. The van der Waals surface area contributed by atoms with Crippen LogP contribution in [0.5, 0.6) is 0 Å². The van der Waals surface area contributed by atoms with Crippen LogP contribution in [0.1, 0.15) is 111 Å². The van der Waals surface area contributed by atoms with Crippen LogP contribution < -0.4 is 11.1 Å². The fraction of sp³-hybridized carbons (Fsp3) is 0.436. The van der Waals surface area contributed by atoms with Crippen molar-refractivity contribution in [2.75, 3.05) is 6.54 Å². The first-order valence-electron chi connectivity index (χ1n) is 15.5. The van der Waals surface area contributed by atoms with Crippen molar-refractivity contribution in [3.63, 3.8) is 0 Å². The highest BCUT2D eigenvalue weighted by Crippen LogP contribution is 2.32. The Hall–Kier alpha value is -3.26. The Labute approximate surface area is 256 Å². The van der Waals surface area contributed by atoms with E-state index in [2.05, 4.69) is 132 Å². The molecule has 0 aromatic heterocycles. The average Bonchev–Trinajstić information content (AvgIpc) is 2.98. The summed E-state index contributed by atoms with van der Waals surface area (Å²) in [5.74, 6) is 0.869. The van der Waals surface area contributed by atoms with Crippen LogP contribution in [0.3, 0.4) is 0 Å². The molecule has 0 aliphatic carbocycles. The highest BCUT2D eigenvalue weighted by molar-refractivity contribution is 5.42. The molecule has 0 spiro atoms. The van der Waals surface area contributed by atoms with E-state index in [1.807, 2.05) is 34.6 Å². The number of benzene rings is 2. The van der Waals surface area contributed by atoms with Gasteiger partial charge in [0.15, 0.2) is 0 Å². The summed E-state index contributed by atoms with van der Waals surface area (Å²) in [6.07, 6.45) is 12.3. The maximum atomic E-state index is 4.61. The minimum atomic E-state index is 0.286. The van der Waals surface area contributed by atoms with E-state index in [4.69, 9.17) is 0 Å². The standard InChI is InChI=1S/C30H41N.C3H6.C2H5N.2C2H6/c1-7-13-27(6)31-21-12-15-24(3)25(4)19-20-26(5)30(28-16-9-8-10-17-28)29-18-11-14-23(2)22-29;1-3-2;1-2-3;2*1-2/h8-11,14,16-20,22,24,30-31H,6-7,12-13,15,21H2,1-5H3;3H,1H2,2H3;2H,1,3H2;2*1-2H3/b25-19+,26-20+;;;;. The molecule has 0 radical (unpaired) electrons. The molecule has 0 saturated carbocycles. The molecule has 2 nitrogen and oxygen atoms in total. The van der Waals surface area contributed by atoms with Gasteiger partial charge in [-0.05, 0) is 70.2 Å². The van der Waals surface area contributed by atoms with E-state index in [0.29, 0.717) is 5.92 Å². The van der Waals surface area contributed by atoms with Gasteiger partial charge in [0.1, 0.15) is 0 Å². The summed E-state index contributed by atoms with van der Waals surface area (Å²) in [4.78, 5) is 0. The quantitative estimate of drug-likeness (QED) is 0.154. The number of nitrogens with one attached hydrogen (secondary N) is 1. The van der Waals surface area contributed by atoms with Crippen molar-refractivity contribution in [3.8, 4) is 0 Å². The monoisotopic (exact) mass is 561 g/mol. The molecular formula is C39H64N2. The van der Waals surface area contributed by atoms with E-state index in [1.165, 1.54) is 52.6 Å². The zero-order valence-electron chi connectivity index (χ0n) is 28.4. The van der Waals surface area contributed by atoms with Gasteiger partial charge < -0.3 is 11.1 Å². The first-order valence-corrected chi connectivity index (χ1v) is 15.5. The average molecular weight is 561 g/mol. The minimum Gasteiger partial charge on any atom is -0.405 e. The van der Waals surface area contributed by atoms with Gasteiger partial charge in [-0.25, -0.2) is 0 Å². The van der Waals surface area contributed by atoms with Crippen molar-refractivity contribution in [2.45, 2.75) is 101 Å². The number of rotatable bonds is 12. The van der Waals surface area contributed by atoms with Crippen molar-refractivity contribution in [1.29, 1.82) is 0 Å². The lowest BCUT2D eigenvalue weighted by atomic mass is 9.84. The Morgan fingerprint density at radius 1 is 0.902 bits per heavy atom. The molecule has 0 fully saturated rings. The molecule has 2 unspecified atom stereocenters. The molecule has 2 heteroatoms. The Balaban J connectivity index is -0.00000128. The summed E-state index contributed by atoms with van der Waals surface area (Å²) >= 11 is 0. The van der Waals surface area contributed by atoms with Crippen molar-refractivity contribution in [3.05, 3.63) is 132 Å². The highest BCUT2D eigenvalue weighted by Gasteiger charge is 2.16. The van der Waals surface area contributed by atoms with Crippen molar-refractivity contribution < 1.29 is 0 Å². The Kier molecular flexibility index (Phi) is 30.6. The van der Waals surface area contributed by atoms with Crippen molar-refractivity contribution >= 4 is 0 Å². The second kappa shape index (κ2) is 29.7. The van der Waals surface area contributed by atoms with E-state index in [9.17, 15) is 0 Å². The molecule has 230 valence electrons. The second-order valence-corrected chi connectivity index (χ2v) is 9.55. The third kappa shape index (κ3) is 21.2. The molecular weight excluding hydrogens is 496 g/mol. The number of hydrogen-bond acceptors (Lipinski definition) is 2. The molecule has 2 rings (SSSR count). The third-order valence-electron chi connectivity index (χ3n) is 6.09. The molecule has 41 heavy (non-hydrogen) atoms. The number of aryl methyl sites for hydroxylation is 1. The fourth-order valence-corrected chi connectivity index (χ4v) is 4.03. The van der Waals surface area contributed by atoms with Crippen LogP contribution in [0.4, 0.5) is 0 Å². The summed E-state index contributed by atoms with van der Waals surface area (Å²) in [6.45, 7) is 32.7. The van der Waals surface area contributed by atoms with Crippen LogP contribution in [0.25, 0.3) is 0 Å². The van der Waals surface area contributed by atoms with Crippen LogP contribution >= 0.6 is 0 Å². The normalized spacial score (nSPS) is 11.7. The van der Waals surface area contributed by atoms with E-state index in [1.54, 1.807) is 6.08 Å². The summed E-state index contributed by atoms with van der Waals surface area (Å²) < 4.78 is 0. The van der Waals surface area contributed by atoms with E-state index >= 15 is 0 Å². The molecule has 2 aromatic carbocycles. The lowest BCUT2D eigenvalue weighted by Crippen LogP contribution is -2.14. The van der Waals surface area contributed by atoms with Crippen LogP contribution in [0.15, 0.2) is 116 Å². The fourth-order valence-electron chi connectivity index (χ4n) is 4.03. The van der Waals surface area contributed by atoms with Gasteiger partial charge in [-0.2, -0.15) is 0 Å². The maximum Gasteiger partial charge on any atom is 0.0299 e.